The van der Waals surface area contributed by atoms with Crippen LogP contribution in [0.15, 0.2) is 18.2 Å². The number of nitrogens with zero attached hydrogens (tertiary/aromatic N) is 1. The fourth-order valence-electron chi connectivity index (χ4n) is 4.04. The molecule has 1 unspecified atom stereocenters. The normalized spacial score (nSPS) is 22.0. The lowest BCUT2D eigenvalue weighted by Gasteiger charge is -2.26. The van der Waals surface area contributed by atoms with Crippen LogP contribution >= 0.6 is 0 Å². The topological polar surface area (TPSA) is 44.7 Å². The van der Waals surface area contributed by atoms with Gasteiger partial charge >= 0.3 is 0 Å². The van der Waals surface area contributed by atoms with Gasteiger partial charge in [0.05, 0.1) is 12.7 Å². The summed E-state index contributed by atoms with van der Waals surface area (Å²) in [5.74, 6) is 0.979. The Morgan fingerprint density at radius 1 is 1.21 bits per heavy atom. The standard InChI is InChI=1S/C20H32N2O2/c1-16(21-15-20(23)9-3-4-10-20)17-7-8-19(24-2)18(13-17)14-22-11-5-6-12-22/h7-8,13,16,21,23H,3-6,9-12,14-15H2,1-2H3. The molecule has 1 saturated heterocycles. The van der Waals surface area contributed by atoms with Crippen molar-refractivity contribution < 1.29 is 9.84 Å². The monoisotopic (exact) mass is 332 g/mol. The molecule has 0 spiro atoms. The van der Waals surface area contributed by atoms with Gasteiger partial charge in [-0.3, -0.25) is 4.90 Å². The van der Waals surface area contributed by atoms with E-state index in [0.29, 0.717) is 6.54 Å². The zero-order valence-corrected chi connectivity index (χ0v) is 15.2. The van der Waals surface area contributed by atoms with E-state index in [9.17, 15) is 5.11 Å². The number of rotatable bonds is 7. The van der Waals surface area contributed by atoms with Crippen LogP contribution in [0.3, 0.4) is 0 Å². The summed E-state index contributed by atoms with van der Waals surface area (Å²) in [4.78, 5) is 2.50. The first-order valence-corrected chi connectivity index (χ1v) is 9.45. The number of benzene rings is 1. The van der Waals surface area contributed by atoms with E-state index < -0.39 is 5.60 Å². The molecule has 0 amide bonds. The van der Waals surface area contributed by atoms with Crippen LogP contribution in [0.25, 0.3) is 0 Å². The van der Waals surface area contributed by atoms with Gasteiger partial charge in [-0.15, -0.1) is 0 Å². The van der Waals surface area contributed by atoms with Crippen LogP contribution in [0.1, 0.15) is 62.6 Å². The van der Waals surface area contributed by atoms with Crippen molar-refractivity contribution in [2.45, 2.75) is 63.6 Å². The second-order valence-electron chi connectivity index (χ2n) is 7.59. The van der Waals surface area contributed by atoms with E-state index in [1.807, 2.05) is 0 Å². The lowest BCUT2D eigenvalue weighted by atomic mass is 10.00. The Morgan fingerprint density at radius 2 is 1.92 bits per heavy atom. The Hall–Kier alpha value is -1.10. The van der Waals surface area contributed by atoms with Gasteiger partial charge in [0.2, 0.25) is 0 Å². The van der Waals surface area contributed by atoms with Crippen molar-refractivity contribution in [2.75, 3.05) is 26.7 Å². The highest BCUT2D eigenvalue weighted by molar-refractivity contribution is 5.38. The number of hydrogen-bond acceptors (Lipinski definition) is 4. The van der Waals surface area contributed by atoms with E-state index in [1.165, 1.54) is 37.1 Å². The molecule has 24 heavy (non-hydrogen) atoms. The third-order valence-electron chi connectivity index (χ3n) is 5.67. The quantitative estimate of drug-likeness (QED) is 0.804. The molecule has 1 aliphatic heterocycles. The summed E-state index contributed by atoms with van der Waals surface area (Å²) in [6.07, 6.45) is 6.76. The summed E-state index contributed by atoms with van der Waals surface area (Å²) in [5, 5.41) is 14.1. The fraction of sp³-hybridized carbons (Fsp3) is 0.700. The van der Waals surface area contributed by atoms with Crippen LogP contribution in [-0.2, 0) is 6.54 Å². The number of hydrogen-bond donors (Lipinski definition) is 2. The van der Waals surface area contributed by atoms with Crippen LogP contribution in [0.2, 0.25) is 0 Å². The SMILES string of the molecule is COc1ccc(C(C)NCC2(O)CCCC2)cc1CN1CCCC1. The average Bonchev–Trinajstić information content (AvgIpc) is 3.25. The predicted molar refractivity (Wildman–Crippen MR) is 97.3 cm³/mol. The molecule has 0 radical (unpaired) electrons. The number of methoxy groups -OCH3 is 1. The molecule has 1 atom stereocenters. The molecular weight excluding hydrogens is 300 g/mol. The highest BCUT2D eigenvalue weighted by Crippen LogP contribution is 2.30. The van der Waals surface area contributed by atoms with Crippen molar-refractivity contribution >= 4 is 0 Å². The van der Waals surface area contributed by atoms with Gasteiger partial charge in [-0.2, -0.15) is 0 Å². The first-order valence-electron chi connectivity index (χ1n) is 9.45. The molecule has 1 heterocycles. The van der Waals surface area contributed by atoms with Gasteiger partial charge in [0.1, 0.15) is 5.75 Å². The molecule has 3 rings (SSSR count). The maximum Gasteiger partial charge on any atom is 0.123 e. The largest absolute Gasteiger partial charge is 0.496 e. The first-order chi connectivity index (χ1) is 11.6. The minimum atomic E-state index is -0.501. The van der Waals surface area contributed by atoms with Crippen LogP contribution in [0.5, 0.6) is 5.75 Å². The summed E-state index contributed by atoms with van der Waals surface area (Å²) in [6.45, 7) is 6.21. The minimum absolute atomic E-state index is 0.234. The summed E-state index contributed by atoms with van der Waals surface area (Å²) in [7, 11) is 1.75. The van der Waals surface area contributed by atoms with Crippen LogP contribution in [0, 0.1) is 0 Å². The van der Waals surface area contributed by atoms with Gasteiger partial charge in [0.25, 0.3) is 0 Å². The van der Waals surface area contributed by atoms with Gasteiger partial charge in [-0.05, 0) is 63.4 Å². The van der Waals surface area contributed by atoms with Gasteiger partial charge < -0.3 is 15.2 Å². The Labute approximate surface area is 146 Å². The average molecular weight is 332 g/mol. The van der Waals surface area contributed by atoms with Gasteiger partial charge in [0, 0.05) is 24.7 Å². The van der Waals surface area contributed by atoms with Crippen molar-refractivity contribution in [2.24, 2.45) is 0 Å². The van der Waals surface area contributed by atoms with Crippen molar-refractivity contribution in [1.29, 1.82) is 0 Å². The number of aliphatic hydroxyl groups is 1. The van der Waals surface area contributed by atoms with Crippen molar-refractivity contribution in [1.82, 2.24) is 10.2 Å². The van der Waals surface area contributed by atoms with Gasteiger partial charge in [0.15, 0.2) is 0 Å². The molecule has 4 nitrogen and oxygen atoms in total. The summed E-state index contributed by atoms with van der Waals surface area (Å²) >= 11 is 0. The molecule has 134 valence electrons. The highest BCUT2D eigenvalue weighted by Gasteiger charge is 2.31. The Kier molecular flexibility index (Phi) is 5.80. The molecule has 2 aliphatic rings. The molecule has 1 aromatic carbocycles. The summed E-state index contributed by atoms with van der Waals surface area (Å²) in [5.41, 5.74) is 2.04. The molecule has 1 saturated carbocycles. The minimum Gasteiger partial charge on any atom is -0.496 e. The van der Waals surface area contributed by atoms with E-state index in [4.69, 9.17) is 4.74 Å². The van der Waals surface area contributed by atoms with Crippen molar-refractivity contribution in [3.05, 3.63) is 29.3 Å². The number of likely N-dealkylation sites (tertiary alicyclic amines) is 1. The smallest absolute Gasteiger partial charge is 0.123 e. The molecule has 2 N–H and O–H groups in total. The highest BCUT2D eigenvalue weighted by atomic mass is 16.5. The first kappa shape index (κ1) is 17.7. The second kappa shape index (κ2) is 7.85. The van der Waals surface area contributed by atoms with E-state index in [1.54, 1.807) is 7.11 Å². The summed E-state index contributed by atoms with van der Waals surface area (Å²) < 4.78 is 5.56. The zero-order chi connectivity index (χ0) is 17.0. The van der Waals surface area contributed by atoms with Gasteiger partial charge in [-0.1, -0.05) is 18.9 Å². The van der Waals surface area contributed by atoms with Crippen LogP contribution < -0.4 is 10.1 Å². The molecule has 1 aromatic rings. The Bertz CT molecular complexity index is 534. The Balaban J connectivity index is 1.65. The van der Waals surface area contributed by atoms with E-state index in [0.717, 1.165) is 38.0 Å². The molecular formula is C20H32N2O2. The lowest BCUT2D eigenvalue weighted by molar-refractivity contribution is 0.0453. The van der Waals surface area contributed by atoms with E-state index in [2.05, 4.69) is 35.3 Å². The fourth-order valence-corrected chi connectivity index (χ4v) is 4.04. The van der Waals surface area contributed by atoms with Gasteiger partial charge in [-0.25, -0.2) is 0 Å². The molecule has 0 bridgehead atoms. The number of nitrogens with one attached hydrogen (secondary N) is 1. The third kappa shape index (κ3) is 4.29. The maximum absolute atomic E-state index is 10.5. The molecule has 4 heteroatoms. The third-order valence-corrected chi connectivity index (χ3v) is 5.67. The molecule has 2 fully saturated rings. The van der Waals surface area contributed by atoms with Crippen LogP contribution in [0.4, 0.5) is 0 Å². The second-order valence-corrected chi connectivity index (χ2v) is 7.59. The maximum atomic E-state index is 10.5. The molecule has 1 aliphatic carbocycles. The predicted octanol–water partition coefficient (Wildman–Crippen LogP) is 3.25. The Morgan fingerprint density at radius 3 is 2.58 bits per heavy atom. The van der Waals surface area contributed by atoms with Crippen molar-refractivity contribution in [3.63, 3.8) is 0 Å². The summed E-state index contributed by atoms with van der Waals surface area (Å²) in [6, 6.07) is 6.73. The van der Waals surface area contributed by atoms with E-state index >= 15 is 0 Å². The number of ether oxygens (including phenoxy) is 1. The van der Waals surface area contributed by atoms with Crippen molar-refractivity contribution in [3.8, 4) is 5.75 Å². The van der Waals surface area contributed by atoms with E-state index in [-0.39, 0.29) is 6.04 Å². The molecule has 0 aromatic heterocycles. The zero-order valence-electron chi connectivity index (χ0n) is 15.2. The lowest BCUT2D eigenvalue weighted by Crippen LogP contribution is -2.39. The van der Waals surface area contributed by atoms with Crippen LogP contribution in [-0.4, -0.2) is 42.4 Å².